The number of nitrogens with zero attached hydrogens (tertiary/aromatic N) is 4. The van der Waals surface area contributed by atoms with Crippen LogP contribution < -0.4 is 0 Å². The molecule has 488 valence electrons. The topological polar surface area (TPSA) is 51.6 Å². The minimum Gasteiger partial charge on any atom is -0.228 e. The van der Waals surface area contributed by atoms with Crippen LogP contribution in [0, 0.1) is 0 Å². The summed E-state index contributed by atoms with van der Waals surface area (Å²) in [5.74, 6) is 0.704. The van der Waals surface area contributed by atoms with E-state index in [0.717, 1.165) is 78.9 Å². The first-order valence-electron chi connectivity index (χ1n) is 36.4. The van der Waals surface area contributed by atoms with Crippen molar-refractivity contribution in [1.82, 2.24) is 20.2 Å². The lowest BCUT2D eigenvalue weighted by molar-refractivity contribution is 0.515. The highest BCUT2D eigenvalue weighted by Crippen LogP contribution is 2.66. The molecular weight excluding hydrogens is 1260 g/mol. The second kappa shape index (κ2) is 22.6. The van der Waals surface area contributed by atoms with E-state index in [0.29, 0.717) is 5.82 Å². The number of rotatable bonds is 8. The molecule has 0 N–H and O–H groups in total. The third kappa shape index (κ3) is 8.48. The predicted octanol–water partition coefficient (Wildman–Crippen LogP) is 24.0. The second-order valence-electron chi connectivity index (χ2n) is 29.7. The molecule has 0 saturated carbocycles. The zero-order valence-electron chi connectivity index (χ0n) is 57.9. The Morgan fingerprint density at radius 3 is 1.38 bits per heavy atom. The van der Waals surface area contributed by atoms with E-state index < -0.39 is 16.2 Å². The average Bonchev–Trinajstić information content (AvgIpc) is 1.41. The molecule has 0 bridgehead atoms. The van der Waals surface area contributed by atoms with Crippen LogP contribution in [0.1, 0.15) is 93.1 Å². The first-order chi connectivity index (χ1) is 51.2. The fourth-order valence-corrected chi connectivity index (χ4v) is 19.4. The van der Waals surface area contributed by atoms with Crippen LogP contribution in [0.2, 0.25) is 0 Å². The van der Waals surface area contributed by atoms with Gasteiger partial charge in [0.05, 0.1) is 33.4 Å². The van der Waals surface area contributed by atoms with E-state index in [4.69, 9.17) is 20.2 Å². The zero-order chi connectivity index (χ0) is 69.0. The molecule has 2 aromatic heterocycles. The SMILES string of the molecule is CC1(C)c2ccccc2C2(c3ccccc3-c3c(CC4(C)c5ccccc5C5(c6ccccc6-c6ccccc65)c5cc(-c6cccc(-c7ccc(-c8cccc9ccccc89)nn7)c6)ccc54)cccc32)c2ccc(-c3cccc(-c4nc(-c5cccc6ccccc56)c5ccccc5n4)c3)cc21. The third-order valence-electron chi connectivity index (χ3n) is 24.0. The summed E-state index contributed by atoms with van der Waals surface area (Å²) in [6.45, 7) is 7.41. The summed E-state index contributed by atoms with van der Waals surface area (Å²) in [6.07, 6.45) is 0.756. The van der Waals surface area contributed by atoms with E-state index in [2.05, 4.69) is 367 Å². The highest BCUT2D eigenvalue weighted by Gasteiger charge is 2.57. The zero-order valence-corrected chi connectivity index (χ0v) is 57.9. The van der Waals surface area contributed by atoms with E-state index in [1.54, 1.807) is 0 Å². The van der Waals surface area contributed by atoms with Gasteiger partial charge in [0.2, 0.25) is 0 Å². The Morgan fingerprint density at radius 1 is 0.260 bits per heavy atom. The smallest absolute Gasteiger partial charge is 0.160 e. The van der Waals surface area contributed by atoms with E-state index in [9.17, 15) is 0 Å². The molecule has 2 heterocycles. The molecule has 0 radical (unpaired) electrons. The van der Waals surface area contributed by atoms with Gasteiger partial charge >= 0.3 is 0 Å². The van der Waals surface area contributed by atoms with Gasteiger partial charge in [0.25, 0.3) is 0 Å². The van der Waals surface area contributed by atoms with E-state index in [-0.39, 0.29) is 5.41 Å². The van der Waals surface area contributed by atoms with Crippen molar-refractivity contribution in [3.05, 3.63) is 418 Å². The molecule has 0 fully saturated rings. The molecular formula is C100H68N4. The lowest BCUT2D eigenvalue weighted by Crippen LogP contribution is -2.43. The van der Waals surface area contributed by atoms with Crippen LogP contribution in [0.25, 0.3) is 122 Å². The van der Waals surface area contributed by atoms with Gasteiger partial charge in [-0.3, -0.25) is 0 Å². The third-order valence-corrected chi connectivity index (χ3v) is 24.0. The van der Waals surface area contributed by atoms with Crippen molar-refractivity contribution in [2.75, 3.05) is 0 Å². The van der Waals surface area contributed by atoms with Gasteiger partial charge in [-0.2, -0.15) is 0 Å². The summed E-state index contributed by atoms with van der Waals surface area (Å²) < 4.78 is 0. The van der Waals surface area contributed by atoms with Crippen molar-refractivity contribution < 1.29 is 0 Å². The second-order valence-corrected chi connectivity index (χ2v) is 29.7. The van der Waals surface area contributed by atoms with Gasteiger partial charge < -0.3 is 0 Å². The fourth-order valence-electron chi connectivity index (χ4n) is 19.4. The van der Waals surface area contributed by atoms with Crippen LogP contribution in [0.15, 0.2) is 346 Å². The minimum atomic E-state index is -0.626. The van der Waals surface area contributed by atoms with Gasteiger partial charge in [0.1, 0.15) is 0 Å². The van der Waals surface area contributed by atoms with Gasteiger partial charge in [0.15, 0.2) is 5.82 Å². The largest absolute Gasteiger partial charge is 0.228 e. The molecule has 2 atom stereocenters. The first-order valence-corrected chi connectivity index (χ1v) is 36.4. The molecule has 21 rings (SSSR count). The summed E-state index contributed by atoms with van der Waals surface area (Å²) in [5, 5.41) is 15.5. The Hall–Kier alpha value is -12.8. The molecule has 0 saturated heterocycles. The summed E-state index contributed by atoms with van der Waals surface area (Å²) in [6, 6.07) is 129. The average molecular weight is 1330 g/mol. The van der Waals surface area contributed by atoms with E-state index in [1.807, 2.05) is 0 Å². The number of aromatic nitrogens is 4. The Kier molecular flexibility index (Phi) is 13.1. The molecule has 15 aromatic carbocycles. The summed E-state index contributed by atoms with van der Waals surface area (Å²) >= 11 is 0. The molecule has 4 aliphatic rings. The normalized spacial score (nSPS) is 16.5. The van der Waals surface area contributed by atoms with E-state index in [1.165, 1.54) is 116 Å². The molecule has 2 unspecified atom stereocenters. The molecule has 4 aliphatic carbocycles. The first kappa shape index (κ1) is 60.0. The highest BCUT2D eigenvalue weighted by atomic mass is 15.1. The van der Waals surface area contributed by atoms with Gasteiger partial charge in [0, 0.05) is 38.5 Å². The fraction of sp³-hybridized carbons (Fsp3) is 0.0800. The lowest BCUT2D eigenvalue weighted by Gasteiger charge is -2.48. The van der Waals surface area contributed by atoms with Crippen LogP contribution in [0.4, 0.5) is 0 Å². The van der Waals surface area contributed by atoms with Crippen molar-refractivity contribution in [2.24, 2.45) is 0 Å². The molecule has 4 nitrogen and oxygen atoms in total. The van der Waals surface area contributed by atoms with Crippen molar-refractivity contribution >= 4 is 32.4 Å². The maximum atomic E-state index is 5.46. The number of hydrogen-bond acceptors (Lipinski definition) is 4. The molecule has 0 amide bonds. The molecule has 104 heavy (non-hydrogen) atoms. The number of para-hydroxylation sites is 1. The van der Waals surface area contributed by atoms with Crippen LogP contribution in [0.3, 0.4) is 0 Å². The Labute approximate surface area is 605 Å². The Balaban J connectivity index is 0.713. The molecule has 0 aliphatic heterocycles. The summed E-state index contributed by atoms with van der Waals surface area (Å²) in [5.41, 5.74) is 32.6. The number of benzene rings is 15. The number of fused-ring (bicyclic) bond motifs is 21. The van der Waals surface area contributed by atoms with Gasteiger partial charge in [-0.1, -0.05) is 324 Å². The van der Waals surface area contributed by atoms with Crippen molar-refractivity contribution in [3.8, 4) is 89.7 Å². The molecule has 2 spiro atoms. The van der Waals surface area contributed by atoms with Gasteiger partial charge in [-0.15, -0.1) is 10.2 Å². The number of hydrogen-bond donors (Lipinski definition) is 0. The van der Waals surface area contributed by atoms with Crippen LogP contribution in [-0.2, 0) is 28.1 Å². The lowest BCUT2D eigenvalue weighted by atomic mass is 9.53. The van der Waals surface area contributed by atoms with Crippen LogP contribution in [0.5, 0.6) is 0 Å². The van der Waals surface area contributed by atoms with E-state index >= 15 is 0 Å². The van der Waals surface area contributed by atoms with Gasteiger partial charge in [-0.05, 0) is 187 Å². The Bertz CT molecular complexity index is 6420. The standard InChI is InChI=1S/C100H68N4/c1-97(2)82-45-15-17-47-85(82)100(87-54-52-66(59-89(87)97)65-30-21-32-69(58-65)96-101-92-50-19-11-39-78(92)95(102-96)76-41-23-28-63-26-5-7-35-72(63)76)81-44-14-10-38-77(81)94-70(33-24-49-88(94)100)61-98(3)83-46-16-18-48-86(83)99(79-42-12-8-36-73(79)74-37-9-13-43-80(74)99)90-60-67(51-53-84(90)98)64-29-20-31-68(57-64)91-55-56-93(104-103-91)75-40-22-27-62-25-4-6-34-71(62)75/h4-60H,61H2,1-3H3. The highest BCUT2D eigenvalue weighted by molar-refractivity contribution is 6.04. The molecule has 17 aromatic rings. The Morgan fingerprint density at radius 2 is 0.692 bits per heavy atom. The predicted molar refractivity (Wildman–Crippen MR) is 426 cm³/mol. The van der Waals surface area contributed by atoms with Crippen molar-refractivity contribution in [1.29, 1.82) is 0 Å². The maximum absolute atomic E-state index is 5.46. The quantitative estimate of drug-likeness (QED) is 0.152. The summed E-state index contributed by atoms with van der Waals surface area (Å²) in [7, 11) is 0. The van der Waals surface area contributed by atoms with Gasteiger partial charge in [-0.25, -0.2) is 9.97 Å². The summed E-state index contributed by atoms with van der Waals surface area (Å²) in [4.78, 5) is 10.7. The van der Waals surface area contributed by atoms with Crippen molar-refractivity contribution in [2.45, 2.75) is 48.9 Å². The van der Waals surface area contributed by atoms with Crippen LogP contribution in [-0.4, -0.2) is 20.2 Å². The maximum Gasteiger partial charge on any atom is 0.160 e. The minimum absolute atomic E-state index is 0.357. The van der Waals surface area contributed by atoms with Crippen LogP contribution >= 0.6 is 0 Å². The van der Waals surface area contributed by atoms with Crippen molar-refractivity contribution in [3.63, 3.8) is 0 Å². The molecule has 4 heteroatoms. The monoisotopic (exact) mass is 1320 g/mol.